The average Bonchev–Trinajstić information content (AvgIpc) is 3.17. The first-order chi connectivity index (χ1) is 11.7. The number of aromatic nitrogens is 2. The molecule has 1 aliphatic carbocycles. The monoisotopic (exact) mass is 329 g/mol. The van der Waals surface area contributed by atoms with Crippen molar-refractivity contribution in [2.45, 2.75) is 38.0 Å². The molecule has 2 aliphatic rings. The van der Waals surface area contributed by atoms with Crippen LogP contribution in [0.4, 0.5) is 0 Å². The lowest BCUT2D eigenvalue weighted by Crippen LogP contribution is -2.54. The molecular weight excluding hydrogens is 306 g/mol. The predicted octanol–water partition coefficient (Wildman–Crippen LogP) is 1.98. The summed E-state index contributed by atoms with van der Waals surface area (Å²) in [5.41, 5.74) is 1.51. The van der Waals surface area contributed by atoms with Gasteiger partial charge in [-0.2, -0.15) is 5.10 Å². The number of morpholine rings is 1. The fourth-order valence-corrected chi connectivity index (χ4v) is 4.07. The van der Waals surface area contributed by atoms with Crippen LogP contribution in [0.5, 0.6) is 0 Å². The minimum atomic E-state index is -0.0161. The lowest BCUT2D eigenvalue weighted by atomic mass is 10.1. The summed E-state index contributed by atoms with van der Waals surface area (Å²) in [5.74, 6) is 0.00208. The Balaban J connectivity index is 1.64. The number of hydrogen-bond donors (Lipinski definition) is 0. The van der Waals surface area contributed by atoms with Crippen molar-refractivity contribution in [2.24, 2.45) is 7.05 Å². The van der Waals surface area contributed by atoms with Crippen molar-refractivity contribution in [3.05, 3.63) is 30.0 Å². The number of hydrogen-bond acceptors (Lipinski definition) is 4. The second-order valence-electron chi connectivity index (χ2n) is 6.46. The molecule has 2 fully saturated rings. The molecule has 1 aromatic carbocycles. The maximum absolute atomic E-state index is 13.2. The van der Waals surface area contributed by atoms with Gasteiger partial charge in [-0.1, -0.05) is 18.2 Å². The molecule has 0 unspecified atom stereocenters. The summed E-state index contributed by atoms with van der Waals surface area (Å²) < 4.78 is 13.5. The van der Waals surface area contributed by atoms with Crippen LogP contribution in [0, 0.1) is 0 Å². The minimum absolute atomic E-state index is 0.00208. The largest absolute Gasteiger partial charge is 0.376 e. The molecule has 1 amide bonds. The molecule has 6 nitrogen and oxygen atoms in total. The van der Waals surface area contributed by atoms with Crippen LogP contribution in [-0.4, -0.2) is 58.6 Å². The zero-order valence-electron chi connectivity index (χ0n) is 14.1. The summed E-state index contributed by atoms with van der Waals surface area (Å²) in [6.07, 6.45) is 1.94. The Hall–Kier alpha value is -1.92. The second kappa shape index (κ2) is 6.18. The van der Waals surface area contributed by atoms with Crippen LogP contribution >= 0.6 is 0 Å². The first kappa shape index (κ1) is 15.6. The summed E-state index contributed by atoms with van der Waals surface area (Å²) in [6.45, 7) is 3.85. The number of carbonyl (C=O) groups is 1. The van der Waals surface area contributed by atoms with Crippen molar-refractivity contribution in [3.8, 4) is 0 Å². The molecule has 1 aliphatic heterocycles. The van der Waals surface area contributed by atoms with E-state index >= 15 is 0 Å². The summed E-state index contributed by atoms with van der Waals surface area (Å²) in [4.78, 5) is 15.1. The maximum atomic E-state index is 13.2. The van der Waals surface area contributed by atoms with E-state index in [0.29, 0.717) is 25.5 Å². The van der Waals surface area contributed by atoms with Gasteiger partial charge in [-0.05, 0) is 25.8 Å². The molecule has 6 heteroatoms. The summed E-state index contributed by atoms with van der Waals surface area (Å²) in [6, 6.07) is 7.95. The summed E-state index contributed by atoms with van der Waals surface area (Å²) in [7, 11) is 1.88. The number of fused-ring (bicyclic) bond motifs is 2. The zero-order chi connectivity index (χ0) is 16.7. The highest BCUT2D eigenvalue weighted by molar-refractivity contribution is 6.05. The van der Waals surface area contributed by atoms with Crippen LogP contribution < -0.4 is 0 Å². The van der Waals surface area contributed by atoms with Crippen molar-refractivity contribution in [1.29, 1.82) is 0 Å². The van der Waals surface area contributed by atoms with Crippen molar-refractivity contribution >= 4 is 16.8 Å². The van der Waals surface area contributed by atoms with Gasteiger partial charge in [-0.15, -0.1) is 0 Å². The third-order valence-corrected chi connectivity index (χ3v) is 5.14. The molecule has 4 rings (SSSR count). The molecule has 1 saturated heterocycles. The van der Waals surface area contributed by atoms with Crippen LogP contribution in [0.1, 0.15) is 30.3 Å². The Bertz CT molecular complexity index is 757. The lowest BCUT2D eigenvalue weighted by Gasteiger charge is -2.38. The van der Waals surface area contributed by atoms with E-state index in [2.05, 4.69) is 5.10 Å². The molecule has 3 atom stereocenters. The van der Waals surface area contributed by atoms with E-state index in [1.54, 1.807) is 4.68 Å². The van der Waals surface area contributed by atoms with Crippen LogP contribution in [0.25, 0.3) is 10.9 Å². The Morgan fingerprint density at radius 3 is 3.04 bits per heavy atom. The summed E-state index contributed by atoms with van der Waals surface area (Å²) in [5, 5.41) is 5.40. The molecule has 1 saturated carbocycles. The lowest BCUT2D eigenvalue weighted by molar-refractivity contribution is -0.102. The number of para-hydroxylation sites is 1. The fourth-order valence-electron chi connectivity index (χ4n) is 4.07. The van der Waals surface area contributed by atoms with E-state index in [1.807, 2.05) is 43.1 Å². The van der Waals surface area contributed by atoms with E-state index in [9.17, 15) is 4.79 Å². The number of ether oxygens (including phenoxy) is 2. The van der Waals surface area contributed by atoms with E-state index < -0.39 is 0 Å². The quantitative estimate of drug-likeness (QED) is 0.864. The van der Waals surface area contributed by atoms with Crippen LogP contribution in [0.15, 0.2) is 24.3 Å². The normalized spacial score (nSPS) is 26.8. The predicted molar refractivity (Wildman–Crippen MR) is 89.9 cm³/mol. The van der Waals surface area contributed by atoms with Gasteiger partial charge in [0.2, 0.25) is 0 Å². The molecule has 2 aromatic rings. The van der Waals surface area contributed by atoms with Crippen LogP contribution in [-0.2, 0) is 16.5 Å². The van der Waals surface area contributed by atoms with E-state index in [1.165, 1.54) is 0 Å². The number of benzene rings is 1. The number of rotatable bonds is 3. The highest BCUT2D eigenvalue weighted by Gasteiger charge is 2.45. The van der Waals surface area contributed by atoms with Gasteiger partial charge in [0.15, 0.2) is 5.69 Å². The highest BCUT2D eigenvalue weighted by atomic mass is 16.5. The Morgan fingerprint density at radius 2 is 2.21 bits per heavy atom. The van der Waals surface area contributed by atoms with Crippen LogP contribution in [0.3, 0.4) is 0 Å². The maximum Gasteiger partial charge on any atom is 0.275 e. The number of carbonyl (C=O) groups excluding carboxylic acids is 1. The standard InChI is InChI=1S/C18H23N3O3/c1-3-23-15-9-8-14-17(15)24-11-10-21(14)18(22)16-12-6-4-5-7-13(12)20(2)19-16/h4-7,14-15,17H,3,8-11H2,1-2H3/t14-,15+,17+/m0/s1. The highest BCUT2D eigenvalue weighted by Crippen LogP contribution is 2.33. The van der Waals surface area contributed by atoms with Crippen molar-refractivity contribution < 1.29 is 14.3 Å². The first-order valence-corrected chi connectivity index (χ1v) is 8.66. The van der Waals surface area contributed by atoms with E-state index in [-0.39, 0.29) is 24.2 Å². The molecule has 24 heavy (non-hydrogen) atoms. The molecular formula is C18H23N3O3. The van der Waals surface area contributed by atoms with Gasteiger partial charge in [0.1, 0.15) is 6.10 Å². The third-order valence-electron chi connectivity index (χ3n) is 5.14. The molecule has 2 heterocycles. The average molecular weight is 329 g/mol. The third kappa shape index (κ3) is 2.41. The van der Waals surface area contributed by atoms with Crippen molar-refractivity contribution in [3.63, 3.8) is 0 Å². The Labute approximate surface area is 141 Å². The van der Waals surface area contributed by atoms with Gasteiger partial charge in [0, 0.05) is 25.6 Å². The van der Waals surface area contributed by atoms with Crippen LogP contribution in [0.2, 0.25) is 0 Å². The number of aryl methyl sites for hydroxylation is 1. The Morgan fingerprint density at radius 1 is 1.38 bits per heavy atom. The van der Waals surface area contributed by atoms with E-state index in [4.69, 9.17) is 9.47 Å². The summed E-state index contributed by atoms with van der Waals surface area (Å²) >= 11 is 0. The minimum Gasteiger partial charge on any atom is -0.376 e. The van der Waals surface area contributed by atoms with Gasteiger partial charge < -0.3 is 14.4 Å². The zero-order valence-corrected chi connectivity index (χ0v) is 14.1. The van der Waals surface area contributed by atoms with E-state index in [0.717, 1.165) is 23.7 Å². The van der Waals surface area contributed by atoms with Gasteiger partial charge in [-0.3, -0.25) is 9.48 Å². The first-order valence-electron chi connectivity index (χ1n) is 8.66. The van der Waals surface area contributed by atoms with Crippen molar-refractivity contribution in [2.75, 3.05) is 19.8 Å². The second-order valence-corrected chi connectivity index (χ2v) is 6.46. The molecule has 0 spiro atoms. The van der Waals surface area contributed by atoms with Gasteiger partial charge in [-0.25, -0.2) is 0 Å². The van der Waals surface area contributed by atoms with Gasteiger partial charge in [0.25, 0.3) is 5.91 Å². The topological polar surface area (TPSA) is 56.6 Å². The van der Waals surface area contributed by atoms with Gasteiger partial charge in [0.05, 0.1) is 24.3 Å². The van der Waals surface area contributed by atoms with Gasteiger partial charge >= 0.3 is 0 Å². The fraction of sp³-hybridized carbons (Fsp3) is 0.556. The number of amides is 1. The smallest absolute Gasteiger partial charge is 0.275 e. The molecule has 128 valence electrons. The molecule has 0 N–H and O–H groups in total. The molecule has 1 aromatic heterocycles. The SMILES string of the molecule is CCO[C@@H]1CC[C@H]2[C@H]1OCCN2C(=O)c1nn(C)c2ccccc12. The Kier molecular flexibility index (Phi) is 4.02. The molecule has 0 bridgehead atoms. The van der Waals surface area contributed by atoms with Crippen molar-refractivity contribution in [1.82, 2.24) is 14.7 Å². The molecule has 0 radical (unpaired) electrons. The number of nitrogens with zero attached hydrogens (tertiary/aromatic N) is 3.